The molecule has 1 unspecified atom stereocenters. The lowest BCUT2D eigenvalue weighted by molar-refractivity contribution is 0.372. The number of nitrogens with two attached hydrogens (primary N) is 1. The van der Waals surface area contributed by atoms with Gasteiger partial charge in [-0.1, -0.05) is 5.16 Å². The molecule has 18 heavy (non-hydrogen) atoms. The van der Waals surface area contributed by atoms with E-state index in [9.17, 15) is 4.39 Å². The average Bonchev–Trinajstić information content (AvgIpc) is 2.79. The van der Waals surface area contributed by atoms with E-state index in [1.807, 2.05) is 6.92 Å². The number of aromatic nitrogens is 2. The van der Waals surface area contributed by atoms with E-state index in [1.54, 1.807) is 0 Å². The summed E-state index contributed by atoms with van der Waals surface area (Å²) in [5.74, 6) is -0.349. The van der Waals surface area contributed by atoms with Crippen molar-refractivity contribution in [3.05, 3.63) is 29.9 Å². The maximum Gasteiger partial charge on any atom is 0.227 e. The molecule has 1 aromatic carbocycles. The molecule has 0 aliphatic heterocycles. The standard InChI is InChI=1S/C12H14FN3O2/c1-7(14)2-5-11-15-12(16-18-11)8-3-4-10(17)9(13)6-8/h3-4,6-7,17H,2,5,14H2,1H3. The number of phenols is 1. The lowest BCUT2D eigenvalue weighted by Crippen LogP contribution is -2.15. The molecule has 0 bridgehead atoms. The monoisotopic (exact) mass is 251 g/mol. The van der Waals surface area contributed by atoms with Crippen molar-refractivity contribution < 1.29 is 14.0 Å². The second kappa shape index (κ2) is 5.14. The highest BCUT2D eigenvalue weighted by Gasteiger charge is 2.11. The van der Waals surface area contributed by atoms with Crippen molar-refractivity contribution in [1.82, 2.24) is 10.1 Å². The van der Waals surface area contributed by atoms with Crippen LogP contribution in [0.2, 0.25) is 0 Å². The number of nitrogens with zero attached hydrogens (tertiary/aromatic N) is 2. The zero-order chi connectivity index (χ0) is 13.1. The Labute approximate surface area is 103 Å². The maximum absolute atomic E-state index is 13.2. The van der Waals surface area contributed by atoms with E-state index in [0.29, 0.717) is 23.7 Å². The third kappa shape index (κ3) is 2.84. The number of benzene rings is 1. The Morgan fingerprint density at radius 2 is 2.28 bits per heavy atom. The minimum Gasteiger partial charge on any atom is -0.505 e. The van der Waals surface area contributed by atoms with Crippen LogP contribution in [0, 0.1) is 5.82 Å². The van der Waals surface area contributed by atoms with E-state index in [2.05, 4.69) is 10.1 Å². The molecule has 1 atom stereocenters. The molecule has 0 spiro atoms. The predicted octanol–water partition coefficient (Wildman–Crippen LogP) is 1.86. The van der Waals surface area contributed by atoms with Gasteiger partial charge in [0.1, 0.15) is 0 Å². The van der Waals surface area contributed by atoms with Crippen LogP contribution in [0.15, 0.2) is 22.7 Å². The Hall–Kier alpha value is -1.95. The van der Waals surface area contributed by atoms with Gasteiger partial charge in [-0.3, -0.25) is 0 Å². The second-order valence-electron chi connectivity index (χ2n) is 4.19. The first-order valence-corrected chi connectivity index (χ1v) is 5.63. The van der Waals surface area contributed by atoms with Gasteiger partial charge < -0.3 is 15.4 Å². The van der Waals surface area contributed by atoms with Crippen molar-refractivity contribution in [3.8, 4) is 17.1 Å². The molecule has 3 N–H and O–H groups in total. The lowest BCUT2D eigenvalue weighted by atomic mass is 10.2. The summed E-state index contributed by atoms with van der Waals surface area (Å²) < 4.78 is 18.2. The van der Waals surface area contributed by atoms with Crippen molar-refractivity contribution in [3.63, 3.8) is 0 Å². The second-order valence-corrected chi connectivity index (χ2v) is 4.19. The third-order valence-electron chi connectivity index (χ3n) is 2.49. The van der Waals surface area contributed by atoms with E-state index < -0.39 is 11.6 Å². The van der Waals surface area contributed by atoms with Crippen molar-refractivity contribution in [2.24, 2.45) is 5.73 Å². The van der Waals surface area contributed by atoms with Crippen molar-refractivity contribution in [1.29, 1.82) is 0 Å². The van der Waals surface area contributed by atoms with Gasteiger partial charge in [0.05, 0.1) is 0 Å². The number of hydrogen-bond acceptors (Lipinski definition) is 5. The number of aryl methyl sites for hydroxylation is 1. The summed E-state index contributed by atoms with van der Waals surface area (Å²) in [6.45, 7) is 1.90. The maximum atomic E-state index is 13.2. The first kappa shape index (κ1) is 12.5. The molecule has 0 fully saturated rings. The average molecular weight is 251 g/mol. The van der Waals surface area contributed by atoms with E-state index in [1.165, 1.54) is 12.1 Å². The first-order chi connectivity index (χ1) is 8.56. The molecular weight excluding hydrogens is 237 g/mol. The zero-order valence-electron chi connectivity index (χ0n) is 9.93. The van der Waals surface area contributed by atoms with Gasteiger partial charge in [-0.15, -0.1) is 0 Å². The van der Waals surface area contributed by atoms with Crippen LogP contribution >= 0.6 is 0 Å². The summed E-state index contributed by atoms with van der Waals surface area (Å²) in [6.07, 6.45) is 1.33. The molecule has 2 aromatic rings. The van der Waals surface area contributed by atoms with Gasteiger partial charge in [-0.05, 0) is 31.5 Å². The molecule has 0 saturated carbocycles. The molecule has 0 radical (unpaired) electrons. The zero-order valence-corrected chi connectivity index (χ0v) is 9.93. The highest BCUT2D eigenvalue weighted by molar-refractivity contribution is 5.55. The highest BCUT2D eigenvalue weighted by Crippen LogP contribution is 2.22. The molecular formula is C12H14FN3O2. The number of phenolic OH excluding ortho intramolecular Hbond substituents is 1. The fraction of sp³-hybridized carbons (Fsp3) is 0.333. The quantitative estimate of drug-likeness (QED) is 0.866. The Balaban J connectivity index is 2.16. The Morgan fingerprint density at radius 1 is 1.50 bits per heavy atom. The molecule has 6 heteroatoms. The molecule has 0 saturated heterocycles. The lowest BCUT2D eigenvalue weighted by Gasteiger charge is -1.99. The molecule has 96 valence electrons. The van der Waals surface area contributed by atoms with Gasteiger partial charge in [0, 0.05) is 18.0 Å². The van der Waals surface area contributed by atoms with Crippen LogP contribution in [0.25, 0.3) is 11.4 Å². The summed E-state index contributed by atoms with van der Waals surface area (Å²) in [7, 11) is 0. The molecule has 1 heterocycles. The smallest absolute Gasteiger partial charge is 0.227 e. The number of hydrogen-bond donors (Lipinski definition) is 2. The molecule has 1 aromatic heterocycles. The minimum absolute atomic E-state index is 0.0615. The minimum atomic E-state index is -0.713. The van der Waals surface area contributed by atoms with Crippen LogP contribution in [0.1, 0.15) is 19.2 Å². The summed E-state index contributed by atoms with van der Waals surface area (Å²) >= 11 is 0. The Morgan fingerprint density at radius 3 is 2.94 bits per heavy atom. The summed E-state index contributed by atoms with van der Waals surface area (Å²) in [6, 6.07) is 4.00. The van der Waals surface area contributed by atoms with Gasteiger partial charge in [0.25, 0.3) is 0 Å². The first-order valence-electron chi connectivity index (χ1n) is 5.63. The largest absolute Gasteiger partial charge is 0.505 e. The van der Waals surface area contributed by atoms with E-state index in [4.69, 9.17) is 15.4 Å². The van der Waals surface area contributed by atoms with E-state index in [-0.39, 0.29) is 6.04 Å². The van der Waals surface area contributed by atoms with Gasteiger partial charge in [0.15, 0.2) is 11.6 Å². The van der Waals surface area contributed by atoms with E-state index >= 15 is 0 Å². The van der Waals surface area contributed by atoms with Gasteiger partial charge in [-0.25, -0.2) is 4.39 Å². The van der Waals surface area contributed by atoms with Crippen LogP contribution < -0.4 is 5.73 Å². The van der Waals surface area contributed by atoms with Gasteiger partial charge in [-0.2, -0.15) is 4.98 Å². The predicted molar refractivity (Wildman–Crippen MR) is 63.3 cm³/mol. The Bertz CT molecular complexity index is 540. The SMILES string of the molecule is CC(N)CCc1nc(-c2ccc(O)c(F)c2)no1. The summed E-state index contributed by atoms with van der Waals surface area (Å²) in [4.78, 5) is 4.14. The summed E-state index contributed by atoms with van der Waals surface area (Å²) in [5, 5.41) is 12.8. The van der Waals surface area contributed by atoms with Crippen LogP contribution in [-0.4, -0.2) is 21.3 Å². The fourth-order valence-corrected chi connectivity index (χ4v) is 1.47. The number of aromatic hydroxyl groups is 1. The topological polar surface area (TPSA) is 85.2 Å². The number of halogens is 1. The molecule has 0 aliphatic rings. The van der Waals surface area contributed by atoms with Gasteiger partial charge in [0.2, 0.25) is 11.7 Å². The van der Waals surface area contributed by atoms with Crippen LogP contribution in [0.4, 0.5) is 4.39 Å². The molecule has 5 nitrogen and oxygen atoms in total. The van der Waals surface area contributed by atoms with E-state index in [0.717, 1.165) is 12.5 Å². The summed E-state index contributed by atoms with van der Waals surface area (Å²) in [5.41, 5.74) is 6.09. The van der Waals surface area contributed by atoms with Gasteiger partial charge >= 0.3 is 0 Å². The molecule has 2 rings (SSSR count). The van der Waals surface area contributed by atoms with Crippen molar-refractivity contribution >= 4 is 0 Å². The van der Waals surface area contributed by atoms with Crippen molar-refractivity contribution in [2.45, 2.75) is 25.8 Å². The molecule has 0 amide bonds. The molecule has 0 aliphatic carbocycles. The fourth-order valence-electron chi connectivity index (χ4n) is 1.47. The third-order valence-corrected chi connectivity index (χ3v) is 2.49. The van der Waals surface area contributed by atoms with Crippen LogP contribution in [0.3, 0.4) is 0 Å². The Kier molecular flexibility index (Phi) is 3.57. The van der Waals surface area contributed by atoms with Crippen molar-refractivity contribution in [2.75, 3.05) is 0 Å². The number of rotatable bonds is 4. The normalized spacial score (nSPS) is 12.6. The highest BCUT2D eigenvalue weighted by atomic mass is 19.1. The van der Waals surface area contributed by atoms with Crippen LogP contribution in [0.5, 0.6) is 5.75 Å². The van der Waals surface area contributed by atoms with Crippen LogP contribution in [-0.2, 0) is 6.42 Å².